The summed E-state index contributed by atoms with van der Waals surface area (Å²) in [5, 5.41) is 8.90. The van der Waals surface area contributed by atoms with Crippen molar-refractivity contribution in [3.05, 3.63) is 11.8 Å². The molecule has 0 aliphatic carbocycles. The fourth-order valence-electron chi connectivity index (χ4n) is 1.37. The van der Waals surface area contributed by atoms with Crippen LogP contribution in [0, 0.1) is 11.3 Å². The standard InChI is InChI=1S/C8H3F3N5O3S.Al/c9-8(10,11)20(17,18)19-4-2-14-5-3(1-12)6(13)16-7(5)15-4;/h2H,13H2;/q-1;+1. The highest BCUT2D eigenvalue weighted by Gasteiger charge is 2.49. The quantitative estimate of drug-likeness (QED) is 0.467. The van der Waals surface area contributed by atoms with Gasteiger partial charge in [-0.15, -0.1) is 0 Å². The number of rotatable bonds is 2. The number of alkyl halides is 3. The first-order valence-corrected chi connectivity index (χ1v) is 6.84. The summed E-state index contributed by atoms with van der Waals surface area (Å²) in [7, 11) is -5.86. The van der Waals surface area contributed by atoms with Gasteiger partial charge < -0.3 is 13.5 Å². The zero-order valence-electron chi connectivity index (χ0n) is 9.79. The van der Waals surface area contributed by atoms with Gasteiger partial charge in [0.1, 0.15) is 22.8 Å². The third kappa shape index (κ3) is 2.49. The molecule has 8 nitrogen and oxygen atoms in total. The van der Waals surface area contributed by atoms with Crippen molar-refractivity contribution in [2.24, 2.45) is 0 Å². The second-order valence-corrected chi connectivity index (χ2v) is 5.66. The van der Waals surface area contributed by atoms with Gasteiger partial charge in [0.25, 0.3) is 5.88 Å². The van der Waals surface area contributed by atoms with E-state index in [1.165, 1.54) is 0 Å². The van der Waals surface area contributed by atoms with Crippen molar-refractivity contribution in [2.45, 2.75) is 5.51 Å². The minimum absolute atomic E-state index is 0.00163. The number of fused-ring (bicyclic) bond motifs is 1. The van der Waals surface area contributed by atoms with Gasteiger partial charge in [0.15, 0.2) is 0 Å². The number of nitrogens with zero attached hydrogens (tertiary/aromatic N) is 4. The van der Waals surface area contributed by atoms with Crippen LogP contribution >= 0.6 is 0 Å². The van der Waals surface area contributed by atoms with E-state index in [1.54, 1.807) is 6.07 Å². The fourth-order valence-corrected chi connectivity index (χ4v) is 2.08. The van der Waals surface area contributed by atoms with Gasteiger partial charge in [-0.1, -0.05) is 0 Å². The molecule has 2 aromatic heterocycles. The Hall–Kier alpha value is -2.02. The van der Waals surface area contributed by atoms with E-state index in [4.69, 9.17) is 11.0 Å². The zero-order valence-corrected chi connectivity index (χ0v) is 11.8. The molecule has 2 aromatic rings. The fraction of sp³-hybridized carbons (Fsp3) is 0.125. The van der Waals surface area contributed by atoms with Gasteiger partial charge in [-0.05, 0) is 0 Å². The third-order valence-electron chi connectivity index (χ3n) is 2.30. The predicted molar refractivity (Wildman–Crippen MR) is 63.4 cm³/mol. The van der Waals surface area contributed by atoms with E-state index in [0.717, 1.165) is 3.55 Å². The molecule has 2 N–H and O–H groups in total. The Kier molecular flexibility index (Phi) is 3.49. The Morgan fingerprint density at radius 1 is 1.48 bits per heavy atom. The number of halogens is 3. The first-order valence-electron chi connectivity index (χ1n) is 4.91. The van der Waals surface area contributed by atoms with Crippen LogP contribution in [-0.2, 0) is 10.1 Å². The van der Waals surface area contributed by atoms with Crippen molar-refractivity contribution >= 4 is 43.6 Å². The Morgan fingerprint density at radius 2 is 2.10 bits per heavy atom. The first kappa shape index (κ1) is 15.4. The lowest BCUT2D eigenvalue weighted by Crippen LogP contribution is -2.28. The minimum atomic E-state index is -5.86. The molecule has 2 heterocycles. The number of nitriles is 1. The normalized spacial score (nSPS) is 12.3. The molecule has 108 valence electrons. The molecule has 0 aliphatic rings. The summed E-state index contributed by atoms with van der Waals surface area (Å²) >= 11 is 2.06. The maximum atomic E-state index is 12.2. The Labute approximate surface area is 123 Å². The number of hydrogen-bond acceptors (Lipinski definition) is 7. The molecular weight excluding hydrogens is 330 g/mol. The summed E-state index contributed by atoms with van der Waals surface area (Å²) in [6, 6.07) is 1.75. The van der Waals surface area contributed by atoms with Crippen LogP contribution in [0.25, 0.3) is 11.2 Å². The summed E-state index contributed by atoms with van der Waals surface area (Å²) in [5.74, 6) is -0.946. The second-order valence-electron chi connectivity index (χ2n) is 3.61. The van der Waals surface area contributed by atoms with Crippen LogP contribution in [0.2, 0.25) is 0 Å². The van der Waals surface area contributed by atoms with Gasteiger partial charge in [0.05, 0.1) is 12.0 Å². The molecule has 0 amide bonds. The minimum Gasteiger partial charge on any atom is -0.423 e. The molecule has 0 aliphatic heterocycles. The molecule has 0 aromatic carbocycles. The summed E-state index contributed by atoms with van der Waals surface area (Å²) in [6.07, 6.45) is 0.649. The number of anilines is 1. The van der Waals surface area contributed by atoms with E-state index in [1.807, 2.05) is 0 Å². The smallest absolute Gasteiger partial charge is 0.423 e. The second kappa shape index (κ2) is 4.77. The molecular formula is C8H3AlF3N5O3S. The Morgan fingerprint density at radius 3 is 2.62 bits per heavy atom. The highest BCUT2D eigenvalue weighted by Crippen LogP contribution is 2.28. The van der Waals surface area contributed by atoms with Crippen LogP contribution in [-0.4, -0.2) is 44.0 Å². The van der Waals surface area contributed by atoms with Crippen LogP contribution < -0.4 is 9.92 Å². The monoisotopic (exact) mass is 333 g/mol. The lowest BCUT2D eigenvalue weighted by Gasteiger charge is -2.08. The maximum absolute atomic E-state index is 12.2. The van der Waals surface area contributed by atoms with Crippen molar-refractivity contribution in [3.63, 3.8) is 0 Å². The summed E-state index contributed by atoms with van der Waals surface area (Å²) in [5.41, 5.74) is -0.184. The molecule has 0 bridgehead atoms. The van der Waals surface area contributed by atoms with Crippen LogP contribution in [0.1, 0.15) is 5.56 Å². The largest absolute Gasteiger partial charge is 0.534 e. The van der Waals surface area contributed by atoms with Gasteiger partial charge >= 0.3 is 32.1 Å². The van der Waals surface area contributed by atoms with E-state index in [-0.39, 0.29) is 22.5 Å². The molecule has 0 atom stereocenters. The molecule has 0 saturated heterocycles. The van der Waals surface area contributed by atoms with Crippen molar-refractivity contribution in [1.29, 1.82) is 5.26 Å². The lowest BCUT2D eigenvalue weighted by molar-refractivity contribution is -0.0501. The molecule has 0 unspecified atom stereocenters. The van der Waals surface area contributed by atoms with E-state index < -0.39 is 21.5 Å². The van der Waals surface area contributed by atoms with Crippen molar-refractivity contribution in [2.75, 3.05) is 5.73 Å². The zero-order chi connectivity index (χ0) is 16.0. The van der Waals surface area contributed by atoms with E-state index in [0.29, 0.717) is 6.20 Å². The van der Waals surface area contributed by atoms with Gasteiger partial charge in [0.2, 0.25) is 0 Å². The van der Waals surface area contributed by atoms with Crippen molar-refractivity contribution in [1.82, 2.24) is 13.5 Å². The highest BCUT2D eigenvalue weighted by molar-refractivity contribution is 7.87. The van der Waals surface area contributed by atoms with Gasteiger partial charge in [-0.25, -0.2) is 4.98 Å². The number of aromatic nitrogens is 3. The van der Waals surface area contributed by atoms with E-state index >= 15 is 0 Å². The molecule has 0 fully saturated rings. The molecule has 2 rings (SSSR count). The van der Waals surface area contributed by atoms with Crippen LogP contribution in [0.3, 0.4) is 0 Å². The van der Waals surface area contributed by atoms with Crippen molar-refractivity contribution < 1.29 is 25.8 Å². The molecule has 0 spiro atoms. The van der Waals surface area contributed by atoms with E-state index in [9.17, 15) is 21.6 Å². The number of hydrogen-bond donors (Lipinski definition) is 1. The average Bonchev–Trinajstić information content (AvgIpc) is 2.60. The van der Waals surface area contributed by atoms with Crippen LogP contribution in [0.4, 0.5) is 19.0 Å². The maximum Gasteiger partial charge on any atom is 0.534 e. The summed E-state index contributed by atoms with van der Waals surface area (Å²) in [4.78, 5) is 7.19. The first-order chi connectivity index (χ1) is 9.58. The predicted octanol–water partition coefficient (Wildman–Crippen LogP) is 0.0452. The van der Waals surface area contributed by atoms with Gasteiger partial charge in [0, 0.05) is 0 Å². The summed E-state index contributed by atoms with van der Waals surface area (Å²) in [6.45, 7) is 0. The molecule has 21 heavy (non-hydrogen) atoms. The molecule has 2 radical (unpaired) electrons. The topological polar surface area (TPSA) is 124 Å². The highest BCUT2D eigenvalue weighted by atomic mass is 32.2. The molecule has 13 heteroatoms. The van der Waals surface area contributed by atoms with E-state index in [2.05, 4.69) is 30.7 Å². The van der Waals surface area contributed by atoms with Crippen molar-refractivity contribution in [3.8, 4) is 11.9 Å². The Bertz CT molecular complexity index is 870. The molecule has 0 saturated carbocycles. The van der Waals surface area contributed by atoms with Crippen LogP contribution in [0.5, 0.6) is 5.88 Å². The number of nitrogen functional groups attached to an aromatic ring is 1. The summed E-state index contributed by atoms with van der Waals surface area (Å²) < 4.78 is 63.3. The SMILES string of the molecule is N#Cc1c(N)[n]([Al])c2nc(OS(=O)(=O)C(F)(F)F)cnc12. The number of nitrogens with two attached hydrogens (primary N) is 1. The van der Waals surface area contributed by atoms with Gasteiger partial charge in [-0.2, -0.15) is 31.8 Å². The van der Waals surface area contributed by atoms with Crippen LogP contribution in [0.15, 0.2) is 6.20 Å². The lowest BCUT2D eigenvalue weighted by atomic mass is 10.3. The third-order valence-corrected chi connectivity index (χ3v) is 3.78. The Balaban J connectivity index is 2.56. The van der Waals surface area contributed by atoms with Gasteiger partial charge in [-0.3, -0.25) is 0 Å². The average molecular weight is 333 g/mol.